The van der Waals surface area contributed by atoms with Crippen molar-refractivity contribution >= 4 is 0 Å². The van der Waals surface area contributed by atoms with Crippen molar-refractivity contribution in [2.75, 3.05) is 0 Å². The molecule has 4 nitrogen and oxygen atoms in total. The fourth-order valence-corrected chi connectivity index (χ4v) is 2.07. The lowest BCUT2D eigenvalue weighted by atomic mass is 9.99. The summed E-state index contributed by atoms with van der Waals surface area (Å²) in [6.07, 6.45) is 5.80. The van der Waals surface area contributed by atoms with Gasteiger partial charge in [-0.25, -0.2) is 0 Å². The Balaban J connectivity index is 2.12. The summed E-state index contributed by atoms with van der Waals surface area (Å²) in [7, 11) is 1.92. The first-order chi connectivity index (χ1) is 8.72. The molecule has 0 aliphatic heterocycles. The summed E-state index contributed by atoms with van der Waals surface area (Å²) in [5, 5.41) is 4.17. The number of rotatable bonds is 5. The number of aromatic nitrogens is 2. The molecule has 0 radical (unpaired) electrons. The lowest BCUT2D eigenvalue weighted by Gasteiger charge is -2.15. The van der Waals surface area contributed by atoms with E-state index in [1.807, 2.05) is 24.1 Å². The number of nitrogens with zero attached hydrogens (tertiary/aromatic N) is 2. The van der Waals surface area contributed by atoms with Gasteiger partial charge in [-0.3, -0.25) is 16.0 Å². The van der Waals surface area contributed by atoms with Crippen LogP contribution < -0.4 is 11.3 Å². The van der Waals surface area contributed by atoms with Crippen molar-refractivity contribution in [2.24, 2.45) is 12.9 Å². The maximum atomic E-state index is 5.65. The Morgan fingerprint density at radius 2 is 2.00 bits per heavy atom. The molecule has 0 spiro atoms. The summed E-state index contributed by atoms with van der Waals surface area (Å²) in [6.45, 7) is 2.16. The van der Waals surface area contributed by atoms with Gasteiger partial charge >= 0.3 is 0 Å². The minimum Gasteiger partial charge on any atom is -0.276 e. The van der Waals surface area contributed by atoms with Crippen molar-refractivity contribution in [1.29, 1.82) is 0 Å². The molecule has 0 aliphatic rings. The predicted octanol–water partition coefficient (Wildman–Crippen LogP) is 1.73. The van der Waals surface area contributed by atoms with Crippen molar-refractivity contribution in [1.82, 2.24) is 15.2 Å². The second kappa shape index (κ2) is 5.80. The molecule has 1 aromatic carbocycles. The van der Waals surface area contributed by atoms with Crippen molar-refractivity contribution in [3.8, 4) is 0 Å². The number of hydrazine groups is 1. The number of aryl methyl sites for hydroxylation is 2. The summed E-state index contributed by atoms with van der Waals surface area (Å²) in [4.78, 5) is 0. The summed E-state index contributed by atoms with van der Waals surface area (Å²) in [5.74, 6) is 5.65. The zero-order valence-corrected chi connectivity index (χ0v) is 10.9. The van der Waals surface area contributed by atoms with E-state index in [0.29, 0.717) is 0 Å². The number of nitrogens with two attached hydrogens (primary N) is 1. The van der Waals surface area contributed by atoms with Crippen LogP contribution in [0.2, 0.25) is 0 Å². The minimum atomic E-state index is 0.125. The molecule has 0 saturated carbocycles. The summed E-state index contributed by atoms with van der Waals surface area (Å²) in [6, 6.07) is 8.71. The molecule has 1 unspecified atom stereocenters. The summed E-state index contributed by atoms with van der Waals surface area (Å²) in [5.41, 5.74) is 6.61. The standard InChI is InChI=1S/C14H20N4/c1-3-11-4-6-13(7-5-11)14(17-15)8-12-9-16-18(2)10-12/h4-7,9-10,14,17H,3,8,15H2,1-2H3. The number of hydrogen-bond donors (Lipinski definition) is 2. The normalized spacial score (nSPS) is 12.6. The lowest BCUT2D eigenvalue weighted by Crippen LogP contribution is -2.29. The van der Waals surface area contributed by atoms with Crippen LogP contribution >= 0.6 is 0 Å². The highest BCUT2D eigenvalue weighted by atomic mass is 15.2. The van der Waals surface area contributed by atoms with Crippen LogP contribution in [-0.2, 0) is 19.9 Å². The van der Waals surface area contributed by atoms with Crippen molar-refractivity contribution < 1.29 is 0 Å². The second-order valence-electron chi connectivity index (χ2n) is 4.54. The molecule has 96 valence electrons. The number of hydrogen-bond acceptors (Lipinski definition) is 3. The molecular formula is C14H20N4. The van der Waals surface area contributed by atoms with E-state index in [9.17, 15) is 0 Å². The Hall–Kier alpha value is -1.65. The van der Waals surface area contributed by atoms with E-state index in [1.54, 1.807) is 0 Å². The number of nitrogens with one attached hydrogen (secondary N) is 1. The third-order valence-electron chi connectivity index (χ3n) is 3.19. The molecule has 0 saturated heterocycles. The monoisotopic (exact) mass is 244 g/mol. The Morgan fingerprint density at radius 3 is 2.50 bits per heavy atom. The predicted molar refractivity (Wildman–Crippen MR) is 72.8 cm³/mol. The fourth-order valence-electron chi connectivity index (χ4n) is 2.07. The van der Waals surface area contributed by atoms with Crippen LogP contribution in [0.4, 0.5) is 0 Å². The van der Waals surface area contributed by atoms with Crippen LogP contribution in [0.5, 0.6) is 0 Å². The van der Waals surface area contributed by atoms with Gasteiger partial charge in [-0.15, -0.1) is 0 Å². The van der Waals surface area contributed by atoms with E-state index >= 15 is 0 Å². The van der Waals surface area contributed by atoms with Crippen LogP contribution in [0.3, 0.4) is 0 Å². The van der Waals surface area contributed by atoms with Gasteiger partial charge in [0.05, 0.1) is 12.2 Å². The quantitative estimate of drug-likeness (QED) is 0.622. The van der Waals surface area contributed by atoms with Crippen LogP contribution in [-0.4, -0.2) is 9.78 Å². The maximum absolute atomic E-state index is 5.65. The molecule has 0 bridgehead atoms. The van der Waals surface area contributed by atoms with E-state index in [-0.39, 0.29) is 6.04 Å². The molecule has 2 rings (SSSR count). The van der Waals surface area contributed by atoms with Gasteiger partial charge in [0, 0.05) is 13.2 Å². The van der Waals surface area contributed by atoms with Crippen LogP contribution in [0, 0.1) is 0 Å². The molecule has 0 amide bonds. The molecule has 1 atom stereocenters. The van der Waals surface area contributed by atoms with E-state index in [1.165, 1.54) is 16.7 Å². The summed E-state index contributed by atoms with van der Waals surface area (Å²) >= 11 is 0. The smallest absolute Gasteiger partial charge is 0.0522 e. The Kier molecular flexibility index (Phi) is 4.12. The van der Waals surface area contributed by atoms with E-state index in [4.69, 9.17) is 5.84 Å². The largest absolute Gasteiger partial charge is 0.276 e. The first kappa shape index (κ1) is 12.8. The molecule has 0 aliphatic carbocycles. The average Bonchev–Trinajstić information content (AvgIpc) is 2.82. The molecule has 1 aromatic heterocycles. The van der Waals surface area contributed by atoms with Gasteiger partial charge in [0.1, 0.15) is 0 Å². The molecule has 18 heavy (non-hydrogen) atoms. The van der Waals surface area contributed by atoms with E-state index in [0.717, 1.165) is 12.8 Å². The fraction of sp³-hybridized carbons (Fsp3) is 0.357. The van der Waals surface area contributed by atoms with Crippen LogP contribution in [0.1, 0.15) is 29.7 Å². The van der Waals surface area contributed by atoms with Crippen molar-refractivity contribution in [3.05, 3.63) is 53.3 Å². The third kappa shape index (κ3) is 2.97. The van der Waals surface area contributed by atoms with Gasteiger partial charge in [-0.05, 0) is 29.5 Å². The van der Waals surface area contributed by atoms with Gasteiger partial charge in [0.2, 0.25) is 0 Å². The Bertz CT molecular complexity index is 487. The molecule has 3 N–H and O–H groups in total. The second-order valence-corrected chi connectivity index (χ2v) is 4.54. The SMILES string of the molecule is CCc1ccc(C(Cc2cnn(C)c2)NN)cc1. The van der Waals surface area contributed by atoms with Crippen molar-refractivity contribution in [2.45, 2.75) is 25.8 Å². The van der Waals surface area contributed by atoms with Gasteiger partial charge in [0.25, 0.3) is 0 Å². The highest BCUT2D eigenvalue weighted by Gasteiger charge is 2.11. The Morgan fingerprint density at radius 1 is 1.28 bits per heavy atom. The highest BCUT2D eigenvalue weighted by molar-refractivity contribution is 5.26. The minimum absolute atomic E-state index is 0.125. The zero-order valence-electron chi connectivity index (χ0n) is 10.9. The van der Waals surface area contributed by atoms with Gasteiger partial charge in [0.15, 0.2) is 0 Å². The van der Waals surface area contributed by atoms with Gasteiger partial charge in [-0.1, -0.05) is 31.2 Å². The third-order valence-corrected chi connectivity index (χ3v) is 3.19. The molecule has 1 heterocycles. The van der Waals surface area contributed by atoms with E-state index in [2.05, 4.69) is 41.7 Å². The molecular weight excluding hydrogens is 224 g/mol. The topological polar surface area (TPSA) is 55.9 Å². The van der Waals surface area contributed by atoms with Gasteiger partial charge in [-0.2, -0.15) is 5.10 Å². The Labute approximate surface area is 108 Å². The molecule has 4 heteroatoms. The zero-order chi connectivity index (χ0) is 13.0. The highest BCUT2D eigenvalue weighted by Crippen LogP contribution is 2.18. The maximum Gasteiger partial charge on any atom is 0.0522 e. The van der Waals surface area contributed by atoms with Crippen LogP contribution in [0.25, 0.3) is 0 Å². The first-order valence-corrected chi connectivity index (χ1v) is 6.25. The van der Waals surface area contributed by atoms with Gasteiger partial charge < -0.3 is 0 Å². The average molecular weight is 244 g/mol. The lowest BCUT2D eigenvalue weighted by molar-refractivity contribution is 0.551. The first-order valence-electron chi connectivity index (χ1n) is 6.25. The number of benzene rings is 1. The van der Waals surface area contributed by atoms with E-state index < -0.39 is 0 Å². The summed E-state index contributed by atoms with van der Waals surface area (Å²) < 4.78 is 1.81. The molecule has 0 fully saturated rings. The van der Waals surface area contributed by atoms with Crippen molar-refractivity contribution in [3.63, 3.8) is 0 Å². The molecule has 2 aromatic rings. The van der Waals surface area contributed by atoms with Crippen LogP contribution in [0.15, 0.2) is 36.7 Å².